The van der Waals surface area contributed by atoms with Gasteiger partial charge >= 0.3 is 0 Å². The molecule has 0 heterocycles. The predicted molar refractivity (Wildman–Crippen MR) is 93.1 cm³/mol. The maximum absolute atomic E-state index is 8.80. The van der Waals surface area contributed by atoms with E-state index in [4.69, 9.17) is 5.11 Å². The van der Waals surface area contributed by atoms with Gasteiger partial charge < -0.3 is 5.11 Å². The predicted octanol–water partition coefficient (Wildman–Crippen LogP) is 5.29. The highest BCUT2D eigenvalue weighted by atomic mass is 16.2. The molecule has 1 rings (SSSR count). The Bertz CT molecular complexity index is 534. The molecule has 0 aliphatic heterocycles. The minimum Gasteiger partial charge on any atom is -0.392 e. The number of rotatable bonds is 5. The van der Waals surface area contributed by atoms with Crippen molar-refractivity contribution in [1.29, 1.82) is 0 Å². The van der Waals surface area contributed by atoms with E-state index in [-0.39, 0.29) is 12.0 Å². The van der Waals surface area contributed by atoms with Crippen LogP contribution in [0.5, 0.6) is 0 Å². The summed E-state index contributed by atoms with van der Waals surface area (Å²) in [6, 6.07) is 0. The summed E-state index contributed by atoms with van der Waals surface area (Å²) >= 11 is 0. The lowest BCUT2D eigenvalue weighted by Gasteiger charge is -2.29. The highest BCUT2D eigenvalue weighted by molar-refractivity contribution is 5.42. The fourth-order valence-corrected chi connectivity index (χ4v) is 2.45. The van der Waals surface area contributed by atoms with Crippen LogP contribution in [0.25, 0.3) is 0 Å². The van der Waals surface area contributed by atoms with Gasteiger partial charge in [0.25, 0.3) is 0 Å². The van der Waals surface area contributed by atoms with Gasteiger partial charge in [-0.1, -0.05) is 73.6 Å². The van der Waals surface area contributed by atoms with Crippen LogP contribution in [0.4, 0.5) is 0 Å². The molecule has 0 aromatic carbocycles. The Kier molecular flexibility index (Phi) is 6.64. The maximum Gasteiger partial charge on any atom is 0.0617 e. The molecule has 0 atom stereocenters. The molecule has 0 fully saturated rings. The highest BCUT2D eigenvalue weighted by Gasteiger charge is 2.23. The first kappa shape index (κ1) is 17.5. The number of allylic oxidation sites excluding steroid dienone is 11. The van der Waals surface area contributed by atoms with E-state index in [0.29, 0.717) is 0 Å². The first-order valence-corrected chi connectivity index (χ1v) is 7.55. The van der Waals surface area contributed by atoms with E-state index in [1.807, 2.05) is 19.1 Å². The molecule has 0 radical (unpaired) electrons. The second-order valence-corrected chi connectivity index (χ2v) is 6.32. The normalized spacial score (nSPS) is 20.1. The fraction of sp³-hybridized carbons (Fsp3) is 0.400. The molecule has 1 aliphatic rings. The first-order chi connectivity index (χ1) is 9.86. The number of aliphatic hydroxyl groups is 1. The summed E-state index contributed by atoms with van der Waals surface area (Å²) in [4.78, 5) is 0. The van der Waals surface area contributed by atoms with Gasteiger partial charge in [-0.15, -0.1) is 0 Å². The summed E-state index contributed by atoms with van der Waals surface area (Å²) in [5.74, 6) is 0. The third kappa shape index (κ3) is 5.73. The summed E-state index contributed by atoms with van der Waals surface area (Å²) in [5, 5.41) is 8.80. The molecular formula is C20H28O. The van der Waals surface area contributed by atoms with E-state index in [0.717, 1.165) is 12.0 Å². The van der Waals surface area contributed by atoms with Crippen molar-refractivity contribution in [2.75, 3.05) is 6.61 Å². The summed E-state index contributed by atoms with van der Waals surface area (Å²) in [6.07, 6.45) is 17.9. The average molecular weight is 284 g/mol. The van der Waals surface area contributed by atoms with Gasteiger partial charge in [0.2, 0.25) is 0 Å². The van der Waals surface area contributed by atoms with Gasteiger partial charge in [0.05, 0.1) is 6.61 Å². The molecular weight excluding hydrogens is 256 g/mol. The molecule has 0 spiro atoms. The van der Waals surface area contributed by atoms with Crippen LogP contribution in [0.1, 0.15) is 41.0 Å². The molecule has 0 aromatic rings. The zero-order chi connectivity index (χ0) is 15.9. The van der Waals surface area contributed by atoms with Crippen molar-refractivity contribution in [2.24, 2.45) is 5.41 Å². The molecule has 0 bridgehead atoms. The molecule has 114 valence electrons. The van der Waals surface area contributed by atoms with Gasteiger partial charge in [-0.3, -0.25) is 0 Å². The molecule has 21 heavy (non-hydrogen) atoms. The van der Waals surface area contributed by atoms with Crippen LogP contribution >= 0.6 is 0 Å². The summed E-state index contributed by atoms with van der Waals surface area (Å²) in [7, 11) is 0. The summed E-state index contributed by atoms with van der Waals surface area (Å²) in [5.41, 5.74) is 5.27. The van der Waals surface area contributed by atoms with Gasteiger partial charge in [0.15, 0.2) is 0 Å². The summed E-state index contributed by atoms with van der Waals surface area (Å²) in [6.45, 7) is 10.9. The molecule has 0 aromatic heterocycles. The zero-order valence-corrected chi connectivity index (χ0v) is 14.0. The Morgan fingerprint density at radius 3 is 2.57 bits per heavy atom. The van der Waals surface area contributed by atoms with Gasteiger partial charge in [0, 0.05) is 0 Å². The van der Waals surface area contributed by atoms with Gasteiger partial charge in [-0.25, -0.2) is 0 Å². The topological polar surface area (TPSA) is 20.2 Å². The van der Waals surface area contributed by atoms with Crippen molar-refractivity contribution in [1.82, 2.24) is 0 Å². The van der Waals surface area contributed by atoms with Gasteiger partial charge in [-0.05, 0) is 43.8 Å². The van der Waals surface area contributed by atoms with Crippen molar-refractivity contribution in [3.63, 3.8) is 0 Å². The Labute approximate surface area is 129 Å². The van der Waals surface area contributed by atoms with Crippen molar-refractivity contribution in [2.45, 2.75) is 41.0 Å². The molecule has 0 unspecified atom stereocenters. The van der Waals surface area contributed by atoms with Crippen LogP contribution in [0.2, 0.25) is 0 Å². The molecule has 1 N–H and O–H groups in total. The minimum atomic E-state index is 0.0921. The lowest BCUT2D eigenvalue weighted by Crippen LogP contribution is -2.16. The molecule has 1 heteroatoms. The van der Waals surface area contributed by atoms with Crippen LogP contribution in [-0.4, -0.2) is 11.7 Å². The highest BCUT2D eigenvalue weighted by Crippen LogP contribution is 2.37. The van der Waals surface area contributed by atoms with Crippen LogP contribution in [-0.2, 0) is 0 Å². The minimum absolute atomic E-state index is 0.0921. The van der Waals surface area contributed by atoms with Gasteiger partial charge in [0.1, 0.15) is 0 Å². The van der Waals surface area contributed by atoms with E-state index >= 15 is 0 Å². The third-order valence-electron chi connectivity index (χ3n) is 3.79. The smallest absolute Gasteiger partial charge is 0.0617 e. The van der Waals surface area contributed by atoms with Crippen LogP contribution < -0.4 is 0 Å². The lowest BCUT2D eigenvalue weighted by atomic mass is 9.75. The second-order valence-electron chi connectivity index (χ2n) is 6.32. The summed E-state index contributed by atoms with van der Waals surface area (Å²) < 4.78 is 0. The number of hydrogen-bond donors (Lipinski definition) is 1. The monoisotopic (exact) mass is 284 g/mol. The molecule has 1 nitrogen and oxygen atoms in total. The van der Waals surface area contributed by atoms with Crippen molar-refractivity contribution >= 4 is 0 Å². The Hall–Kier alpha value is -1.60. The second kappa shape index (κ2) is 7.99. The number of aliphatic hydroxyl groups excluding tert-OH is 1. The van der Waals surface area contributed by atoms with E-state index in [9.17, 15) is 0 Å². The van der Waals surface area contributed by atoms with E-state index in [1.54, 1.807) is 6.08 Å². The maximum atomic E-state index is 8.80. The largest absolute Gasteiger partial charge is 0.392 e. The average Bonchev–Trinajstić information content (AvgIpc) is 2.37. The molecule has 0 saturated carbocycles. The van der Waals surface area contributed by atoms with Crippen molar-refractivity contribution in [3.05, 3.63) is 70.9 Å². The fourth-order valence-electron chi connectivity index (χ4n) is 2.45. The van der Waals surface area contributed by atoms with Crippen molar-refractivity contribution in [3.8, 4) is 0 Å². The van der Waals surface area contributed by atoms with Crippen LogP contribution in [0.3, 0.4) is 0 Å². The SMILES string of the molecule is CC1=C(/C=C/C(C)=C/C=C\C(C)=C/CO)C(C)(C)CC=C1. The van der Waals surface area contributed by atoms with E-state index in [1.165, 1.54) is 16.7 Å². The Morgan fingerprint density at radius 2 is 1.95 bits per heavy atom. The Morgan fingerprint density at radius 1 is 1.24 bits per heavy atom. The van der Waals surface area contributed by atoms with E-state index in [2.05, 4.69) is 58.1 Å². The van der Waals surface area contributed by atoms with E-state index < -0.39 is 0 Å². The van der Waals surface area contributed by atoms with Gasteiger partial charge in [-0.2, -0.15) is 0 Å². The van der Waals surface area contributed by atoms with Crippen LogP contribution in [0, 0.1) is 5.41 Å². The third-order valence-corrected chi connectivity index (χ3v) is 3.79. The Balaban J connectivity index is 2.80. The quantitative estimate of drug-likeness (QED) is 0.680. The molecule has 0 saturated heterocycles. The van der Waals surface area contributed by atoms with Crippen LogP contribution in [0.15, 0.2) is 70.9 Å². The molecule has 0 amide bonds. The number of hydrogen-bond acceptors (Lipinski definition) is 1. The van der Waals surface area contributed by atoms with Crippen molar-refractivity contribution < 1.29 is 5.11 Å². The lowest BCUT2D eigenvalue weighted by molar-refractivity contribution is 0.342. The first-order valence-electron chi connectivity index (χ1n) is 7.55. The standard InChI is InChI=1S/C20H28O/c1-16(8-6-9-17(2)13-15-21)11-12-19-18(3)10-7-14-20(19,4)5/h6-13,21H,14-15H2,1-5H3/b9-6-,12-11+,16-8+,17-13-. The molecule has 1 aliphatic carbocycles. The zero-order valence-electron chi connectivity index (χ0n) is 14.0.